The van der Waals surface area contributed by atoms with Crippen LogP contribution in [0.5, 0.6) is 5.75 Å². The maximum absolute atomic E-state index is 8.58. The largest absolute Gasteiger partial charge is 0.492 e. The van der Waals surface area contributed by atoms with Crippen LogP contribution in [-0.2, 0) is 6.42 Å². The molecule has 2 heteroatoms. The number of hydrogen-bond donors (Lipinski definition) is 0. The molecule has 2 nitrogen and oxygen atoms in total. The van der Waals surface area contributed by atoms with Gasteiger partial charge in [0.05, 0.1) is 12.0 Å². The van der Waals surface area contributed by atoms with Crippen LogP contribution in [0.1, 0.15) is 19.4 Å². The van der Waals surface area contributed by atoms with Gasteiger partial charge in [0, 0.05) is 0 Å². The Morgan fingerprint density at radius 1 is 1.50 bits per heavy atom. The number of benzene rings is 1. The van der Waals surface area contributed by atoms with E-state index in [9.17, 15) is 0 Å². The fourth-order valence-electron chi connectivity index (χ4n) is 1.11. The van der Waals surface area contributed by atoms with Crippen LogP contribution in [0.3, 0.4) is 0 Å². The van der Waals surface area contributed by atoms with Crippen LogP contribution in [0, 0.1) is 17.2 Å². The Balaban J connectivity index is 2.55. The van der Waals surface area contributed by atoms with E-state index in [1.807, 2.05) is 25.1 Å². The van der Waals surface area contributed by atoms with Crippen LogP contribution in [0.4, 0.5) is 0 Å². The molecular formula is C12H15NO. The molecule has 0 N–H and O–H groups in total. The van der Waals surface area contributed by atoms with Gasteiger partial charge in [0.1, 0.15) is 12.4 Å². The predicted molar refractivity (Wildman–Crippen MR) is 56.1 cm³/mol. The maximum Gasteiger partial charge on any atom is 0.119 e. The first-order chi connectivity index (χ1) is 6.76. The summed E-state index contributed by atoms with van der Waals surface area (Å²) in [5, 5.41) is 8.58. The van der Waals surface area contributed by atoms with E-state index in [1.54, 1.807) is 0 Å². The second-order valence-corrected chi connectivity index (χ2v) is 3.34. The van der Waals surface area contributed by atoms with Crippen LogP contribution in [0.2, 0.25) is 0 Å². The molecular weight excluding hydrogens is 174 g/mol. The summed E-state index contributed by atoms with van der Waals surface area (Å²) in [5.74, 6) is 0.798. The molecule has 1 unspecified atom stereocenters. The smallest absolute Gasteiger partial charge is 0.119 e. The Kier molecular flexibility index (Phi) is 4.00. The lowest BCUT2D eigenvalue weighted by molar-refractivity contribution is 0.288. The van der Waals surface area contributed by atoms with Crippen molar-refractivity contribution in [3.05, 3.63) is 29.8 Å². The molecule has 1 aromatic carbocycles. The third-order valence-corrected chi connectivity index (χ3v) is 2.03. The number of hydrogen-bond acceptors (Lipinski definition) is 2. The highest BCUT2D eigenvalue weighted by atomic mass is 16.5. The van der Waals surface area contributed by atoms with Crippen molar-refractivity contribution in [2.75, 3.05) is 6.61 Å². The summed E-state index contributed by atoms with van der Waals surface area (Å²) in [6.45, 7) is 4.42. The Morgan fingerprint density at radius 2 is 2.29 bits per heavy atom. The Labute approximate surface area is 85.1 Å². The molecule has 0 saturated carbocycles. The van der Waals surface area contributed by atoms with Gasteiger partial charge >= 0.3 is 0 Å². The maximum atomic E-state index is 8.58. The Hall–Kier alpha value is -1.49. The highest BCUT2D eigenvalue weighted by Crippen LogP contribution is 2.14. The lowest BCUT2D eigenvalue weighted by Crippen LogP contribution is -2.06. The second kappa shape index (κ2) is 5.29. The number of rotatable bonds is 4. The summed E-state index contributed by atoms with van der Waals surface area (Å²) in [6.07, 6.45) is 1.00. The van der Waals surface area contributed by atoms with E-state index in [4.69, 9.17) is 10.00 Å². The van der Waals surface area contributed by atoms with Crippen molar-refractivity contribution >= 4 is 0 Å². The summed E-state index contributed by atoms with van der Waals surface area (Å²) < 4.78 is 5.48. The first-order valence-electron chi connectivity index (χ1n) is 4.87. The van der Waals surface area contributed by atoms with Crippen LogP contribution in [0.15, 0.2) is 24.3 Å². The minimum Gasteiger partial charge on any atom is -0.492 e. The molecule has 74 valence electrons. The van der Waals surface area contributed by atoms with E-state index < -0.39 is 0 Å². The van der Waals surface area contributed by atoms with Gasteiger partial charge < -0.3 is 4.74 Å². The average Bonchev–Trinajstić information content (AvgIpc) is 2.26. The monoisotopic (exact) mass is 189 g/mol. The van der Waals surface area contributed by atoms with Gasteiger partial charge in [-0.25, -0.2) is 0 Å². The fraction of sp³-hybridized carbons (Fsp3) is 0.417. The highest BCUT2D eigenvalue weighted by molar-refractivity contribution is 5.28. The van der Waals surface area contributed by atoms with Gasteiger partial charge in [-0.2, -0.15) is 5.26 Å². The SMILES string of the molecule is CCc1cccc(OCC(C)C#N)c1. The zero-order chi connectivity index (χ0) is 10.4. The standard InChI is InChI=1S/C12H15NO/c1-3-11-5-4-6-12(7-11)14-9-10(2)8-13/h4-7,10H,3,9H2,1-2H3. The third kappa shape index (κ3) is 3.10. The molecule has 0 fully saturated rings. The summed E-state index contributed by atoms with van der Waals surface area (Å²) in [6, 6.07) is 10.1. The first-order valence-corrected chi connectivity index (χ1v) is 4.87. The molecule has 1 rings (SSSR count). The first kappa shape index (κ1) is 10.6. The van der Waals surface area contributed by atoms with E-state index in [0.29, 0.717) is 6.61 Å². The van der Waals surface area contributed by atoms with Gasteiger partial charge in [0.2, 0.25) is 0 Å². The zero-order valence-corrected chi connectivity index (χ0v) is 8.66. The number of ether oxygens (including phenoxy) is 1. The van der Waals surface area contributed by atoms with Crippen molar-refractivity contribution < 1.29 is 4.74 Å². The molecule has 0 aromatic heterocycles. The molecule has 0 aliphatic carbocycles. The normalized spacial score (nSPS) is 11.8. The molecule has 0 spiro atoms. The average molecular weight is 189 g/mol. The van der Waals surface area contributed by atoms with Crippen molar-refractivity contribution in [2.45, 2.75) is 20.3 Å². The molecule has 0 amide bonds. The molecule has 0 aliphatic rings. The van der Waals surface area contributed by atoms with E-state index >= 15 is 0 Å². The highest BCUT2D eigenvalue weighted by Gasteiger charge is 2.00. The van der Waals surface area contributed by atoms with Crippen molar-refractivity contribution in [2.24, 2.45) is 5.92 Å². The lowest BCUT2D eigenvalue weighted by atomic mass is 10.1. The molecule has 0 heterocycles. The topological polar surface area (TPSA) is 33.0 Å². The van der Waals surface area contributed by atoms with Gasteiger partial charge in [0.15, 0.2) is 0 Å². The van der Waals surface area contributed by atoms with E-state index in [2.05, 4.69) is 19.1 Å². The molecule has 0 saturated heterocycles. The van der Waals surface area contributed by atoms with Crippen molar-refractivity contribution in [3.63, 3.8) is 0 Å². The summed E-state index contributed by atoms with van der Waals surface area (Å²) in [5.41, 5.74) is 1.26. The number of aryl methyl sites for hydroxylation is 1. The van der Waals surface area contributed by atoms with Gasteiger partial charge in [-0.3, -0.25) is 0 Å². The number of nitriles is 1. The summed E-state index contributed by atoms with van der Waals surface area (Å²) >= 11 is 0. The fourth-order valence-corrected chi connectivity index (χ4v) is 1.11. The van der Waals surface area contributed by atoms with Gasteiger partial charge in [0.25, 0.3) is 0 Å². The summed E-state index contributed by atoms with van der Waals surface area (Å²) in [4.78, 5) is 0. The zero-order valence-electron chi connectivity index (χ0n) is 8.66. The minimum absolute atomic E-state index is 0.0553. The molecule has 1 aromatic rings. The van der Waals surface area contributed by atoms with Crippen LogP contribution >= 0.6 is 0 Å². The molecule has 0 aliphatic heterocycles. The molecule has 0 bridgehead atoms. The van der Waals surface area contributed by atoms with Crippen molar-refractivity contribution in [1.82, 2.24) is 0 Å². The lowest BCUT2D eigenvalue weighted by Gasteiger charge is -2.07. The van der Waals surface area contributed by atoms with E-state index in [1.165, 1.54) is 5.56 Å². The predicted octanol–water partition coefficient (Wildman–Crippen LogP) is 2.79. The third-order valence-electron chi connectivity index (χ3n) is 2.03. The molecule has 1 atom stereocenters. The quantitative estimate of drug-likeness (QED) is 0.729. The van der Waals surface area contributed by atoms with Crippen LogP contribution < -0.4 is 4.74 Å². The van der Waals surface area contributed by atoms with Gasteiger partial charge in [-0.1, -0.05) is 19.1 Å². The molecule has 0 radical (unpaired) electrons. The van der Waals surface area contributed by atoms with Crippen molar-refractivity contribution in [3.8, 4) is 11.8 Å². The van der Waals surface area contributed by atoms with Crippen molar-refractivity contribution in [1.29, 1.82) is 5.26 Å². The van der Waals surface area contributed by atoms with E-state index in [-0.39, 0.29) is 5.92 Å². The minimum atomic E-state index is -0.0553. The Bertz CT molecular complexity index is 327. The van der Waals surface area contributed by atoms with Gasteiger partial charge in [-0.15, -0.1) is 0 Å². The summed E-state index contributed by atoms with van der Waals surface area (Å²) in [7, 11) is 0. The van der Waals surface area contributed by atoms with Gasteiger partial charge in [-0.05, 0) is 31.0 Å². The molecule has 14 heavy (non-hydrogen) atoms. The van der Waals surface area contributed by atoms with E-state index in [0.717, 1.165) is 12.2 Å². The number of nitrogens with zero attached hydrogens (tertiary/aromatic N) is 1. The second-order valence-electron chi connectivity index (χ2n) is 3.34. The van der Waals surface area contributed by atoms with Crippen LogP contribution in [-0.4, -0.2) is 6.61 Å². The van der Waals surface area contributed by atoms with Crippen LogP contribution in [0.25, 0.3) is 0 Å². The Morgan fingerprint density at radius 3 is 2.93 bits per heavy atom.